The molecule has 2 fully saturated rings. The van der Waals surface area contributed by atoms with Crippen LogP contribution in [0, 0.1) is 17.8 Å². The summed E-state index contributed by atoms with van der Waals surface area (Å²) in [4.78, 5) is 65.3. The van der Waals surface area contributed by atoms with Gasteiger partial charge in [0.05, 0.1) is 0 Å². The van der Waals surface area contributed by atoms with Crippen LogP contribution < -0.4 is 26.6 Å². The van der Waals surface area contributed by atoms with Crippen LogP contribution in [0.3, 0.4) is 0 Å². The molecule has 5 N–H and O–H groups in total. The SMILES string of the molecule is CC(C)C[C@@H]1NC(=O)[C@@H](C(C)C)NC(=O)[C@H](C(C)C)NC(=O)[C@H]2CSSC[C@@H](NC1=O)C(=O)N2. The highest BCUT2D eigenvalue weighted by Gasteiger charge is 2.37. The maximum Gasteiger partial charge on any atom is 0.244 e. The molecule has 2 aliphatic rings. The zero-order valence-electron chi connectivity index (χ0n) is 20.6. The van der Waals surface area contributed by atoms with Gasteiger partial charge in [-0.2, -0.15) is 0 Å². The van der Waals surface area contributed by atoms with Gasteiger partial charge in [0.15, 0.2) is 0 Å². The molecular formula is C22H37N5O5S2. The second kappa shape index (κ2) is 12.7. The van der Waals surface area contributed by atoms with Crippen LogP contribution in [0.2, 0.25) is 0 Å². The molecule has 2 heterocycles. The number of carbonyl (C=O) groups excluding carboxylic acids is 5. The number of amides is 5. The first kappa shape index (κ1) is 28.3. The van der Waals surface area contributed by atoms with Gasteiger partial charge in [0, 0.05) is 11.5 Å². The van der Waals surface area contributed by atoms with Gasteiger partial charge in [-0.25, -0.2) is 0 Å². The van der Waals surface area contributed by atoms with E-state index in [9.17, 15) is 24.0 Å². The third kappa shape index (κ3) is 7.79. The van der Waals surface area contributed by atoms with E-state index in [1.807, 2.05) is 13.8 Å². The van der Waals surface area contributed by atoms with Crippen molar-refractivity contribution < 1.29 is 24.0 Å². The Morgan fingerprint density at radius 2 is 1.03 bits per heavy atom. The van der Waals surface area contributed by atoms with Crippen LogP contribution in [0.15, 0.2) is 0 Å². The highest BCUT2D eigenvalue weighted by atomic mass is 33.1. The molecule has 0 unspecified atom stereocenters. The summed E-state index contributed by atoms with van der Waals surface area (Å²) in [5.74, 6) is -2.19. The molecule has 192 valence electrons. The van der Waals surface area contributed by atoms with Crippen LogP contribution in [0.5, 0.6) is 0 Å². The van der Waals surface area contributed by atoms with Crippen molar-refractivity contribution in [2.75, 3.05) is 11.5 Å². The van der Waals surface area contributed by atoms with Crippen molar-refractivity contribution >= 4 is 51.1 Å². The summed E-state index contributed by atoms with van der Waals surface area (Å²) < 4.78 is 0. The van der Waals surface area contributed by atoms with Crippen molar-refractivity contribution in [2.45, 2.75) is 78.2 Å². The Morgan fingerprint density at radius 1 is 0.618 bits per heavy atom. The smallest absolute Gasteiger partial charge is 0.244 e. The number of hydrogen-bond donors (Lipinski definition) is 5. The average molecular weight is 516 g/mol. The second-order valence-electron chi connectivity index (χ2n) is 9.84. The molecule has 0 aliphatic carbocycles. The minimum absolute atomic E-state index is 0.0952. The quantitative estimate of drug-likeness (QED) is 0.336. The Labute approximate surface area is 209 Å². The molecule has 10 nitrogen and oxygen atoms in total. The lowest BCUT2D eigenvalue weighted by molar-refractivity contribution is -0.135. The van der Waals surface area contributed by atoms with E-state index in [-0.39, 0.29) is 17.8 Å². The first-order valence-corrected chi connectivity index (χ1v) is 14.2. The lowest BCUT2D eigenvalue weighted by atomic mass is 9.98. The molecule has 0 aromatic heterocycles. The van der Waals surface area contributed by atoms with Crippen LogP contribution in [0.1, 0.15) is 48.0 Å². The summed E-state index contributed by atoms with van der Waals surface area (Å²) in [6, 6.07) is -4.39. The van der Waals surface area contributed by atoms with Crippen molar-refractivity contribution in [2.24, 2.45) is 17.8 Å². The van der Waals surface area contributed by atoms with Crippen LogP contribution in [0.25, 0.3) is 0 Å². The summed E-state index contributed by atoms with van der Waals surface area (Å²) >= 11 is 0. The largest absolute Gasteiger partial charge is 0.343 e. The van der Waals surface area contributed by atoms with Crippen LogP contribution in [-0.4, -0.2) is 71.3 Å². The standard InChI is InChI=1S/C22H37N5O5S2/c1-10(2)7-13-18(28)24-14-8-33-34-9-15(25-19(14)29)20(30)26-17(12(5)6)22(32)27-16(11(3)4)21(31)23-13/h10-17H,7-9H2,1-6H3,(H,23,31)(H,24,28)(H,25,29)(H,26,30)(H,27,32)/t13-,14+,15+,16+,17-/m0/s1. The number of rotatable bonds is 4. The lowest BCUT2D eigenvalue weighted by Gasteiger charge is -2.29. The van der Waals surface area contributed by atoms with E-state index in [4.69, 9.17) is 0 Å². The molecule has 2 bridgehead atoms. The predicted octanol–water partition coefficient (Wildman–Crippen LogP) is 0.177. The van der Waals surface area contributed by atoms with Gasteiger partial charge in [0.1, 0.15) is 30.2 Å². The highest BCUT2D eigenvalue weighted by Crippen LogP contribution is 2.25. The molecular weight excluding hydrogens is 478 g/mol. The fraction of sp³-hybridized carbons (Fsp3) is 0.773. The Balaban J connectivity index is 2.46. The van der Waals surface area contributed by atoms with Gasteiger partial charge in [0.2, 0.25) is 29.5 Å². The maximum absolute atomic E-state index is 13.2. The van der Waals surface area contributed by atoms with Crippen molar-refractivity contribution in [1.29, 1.82) is 0 Å². The van der Waals surface area contributed by atoms with Crippen molar-refractivity contribution in [3.8, 4) is 0 Å². The normalized spacial score (nSPS) is 29.9. The summed E-state index contributed by atoms with van der Waals surface area (Å²) in [7, 11) is 2.80. The van der Waals surface area contributed by atoms with Gasteiger partial charge >= 0.3 is 0 Å². The van der Waals surface area contributed by atoms with Crippen molar-refractivity contribution in [3.63, 3.8) is 0 Å². The van der Waals surface area contributed by atoms with Gasteiger partial charge in [-0.3, -0.25) is 24.0 Å². The molecule has 2 rings (SSSR count). The van der Waals surface area contributed by atoms with E-state index in [1.165, 1.54) is 21.6 Å². The fourth-order valence-corrected chi connectivity index (χ4v) is 6.00. The second-order valence-corrected chi connectivity index (χ2v) is 12.4. The topological polar surface area (TPSA) is 146 Å². The summed E-state index contributed by atoms with van der Waals surface area (Å²) in [6.07, 6.45) is 0.365. The Hall–Kier alpha value is -1.95. The van der Waals surface area contributed by atoms with E-state index >= 15 is 0 Å². The monoisotopic (exact) mass is 515 g/mol. The van der Waals surface area contributed by atoms with E-state index in [0.717, 1.165) is 0 Å². The zero-order chi connectivity index (χ0) is 25.6. The molecule has 12 heteroatoms. The van der Waals surface area contributed by atoms with Crippen molar-refractivity contribution in [1.82, 2.24) is 26.6 Å². The highest BCUT2D eigenvalue weighted by molar-refractivity contribution is 8.76. The van der Waals surface area contributed by atoms with Gasteiger partial charge in [-0.05, 0) is 24.2 Å². The minimum atomic E-state index is -0.897. The predicted molar refractivity (Wildman–Crippen MR) is 134 cm³/mol. The number of hydrogen-bond acceptors (Lipinski definition) is 7. The van der Waals surface area contributed by atoms with Gasteiger partial charge < -0.3 is 26.6 Å². The third-order valence-corrected chi connectivity index (χ3v) is 8.07. The molecule has 0 spiro atoms. The van der Waals surface area contributed by atoms with E-state index < -0.39 is 59.7 Å². The summed E-state index contributed by atoms with van der Waals surface area (Å²) in [5.41, 5.74) is 0. The Bertz CT molecular complexity index is 792. The molecule has 0 radical (unpaired) electrons. The summed E-state index contributed by atoms with van der Waals surface area (Å²) in [5, 5.41) is 13.7. The van der Waals surface area contributed by atoms with Gasteiger partial charge in [-0.1, -0.05) is 63.1 Å². The number of nitrogens with one attached hydrogen (secondary N) is 5. The van der Waals surface area contributed by atoms with E-state index in [2.05, 4.69) is 26.6 Å². The van der Waals surface area contributed by atoms with Crippen LogP contribution >= 0.6 is 21.6 Å². The van der Waals surface area contributed by atoms with E-state index in [1.54, 1.807) is 27.7 Å². The first-order valence-electron chi connectivity index (χ1n) is 11.7. The van der Waals surface area contributed by atoms with Gasteiger partial charge in [-0.15, -0.1) is 0 Å². The number of fused-ring (bicyclic) bond motifs is 3. The third-order valence-electron chi connectivity index (χ3n) is 5.65. The molecule has 0 aromatic rings. The molecule has 2 saturated heterocycles. The van der Waals surface area contributed by atoms with Crippen LogP contribution in [0.4, 0.5) is 0 Å². The zero-order valence-corrected chi connectivity index (χ0v) is 22.2. The molecule has 0 saturated carbocycles. The maximum atomic E-state index is 13.2. The minimum Gasteiger partial charge on any atom is -0.343 e. The average Bonchev–Trinajstić information content (AvgIpc) is 2.72. The summed E-state index contributed by atoms with van der Waals surface area (Å²) in [6.45, 7) is 11.0. The molecule has 5 atom stereocenters. The van der Waals surface area contributed by atoms with E-state index in [0.29, 0.717) is 17.9 Å². The Morgan fingerprint density at radius 3 is 1.50 bits per heavy atom. The fourth-order valence-electron chi connectivity index (χ4n) is 3.67. The Kier molecular flexibility index (Phi) is 10.5. The number of carbonyl (C=O) groups is 5. The lowest BCUT2D eigenvalue weighted by Crippen LogP contribution is -2.60. The molecule has 34 heavy (non-hydrogen) atoms. The van der Waals surface area contributed by atoms with Crippen LogP contribution in [-0.2, 0) is 24.0 Å². The van der Waals surface area contributed by atoms with Gasteiger partial charge in [0.25, 0.3) is 0 Å². The van der Waals surface area contributed by atoms with Crippen molar-refractivity contribution in [3.05, 3.63) is 0 Å². The first-order chi connectivity index (χ1) is 15.9. The molecule has 0 aromatic carbocycles. The molecule has 5 amide bonds. The molecule has 2 aliphatic heterocycles.